The second kappa shape index (κ2) is 6.07. The van der Waals surface area contributed by atoms with Crippen LogP contribution in [-0.4, -0.2) is 11.8 Å². The number of hydrogen-bond acceptors (Lipinski definition) is 5. The fraction of sp³-hybridized carbons (Fsp3) is 0.0714. The number of primary amides is 2. The number of nitrogens with one attached hydrogen (secondary N) is 1. The average Bonchev–Trinajstić information content (AvgIpc) is 2.92. The van der Waals surface area contributed by atoms with E-state index in [4.69, 9.17) is 16.7 Å². The molecule has 7 heteroatoms. The van der Waals surface area contributed by atoms with E-state index >= 15 is 0 Å². The Morgan fingerprint density at radius 2 is 1.76 bits per heavy atom. The summed E-state index contributed by atoms with van der Waals surface area (Å²) in [5, 5.41) is 13.6. The van der Waals surface area contributed by atoms with Gasteiger partial charge in [-0.1, -0.05) is 0 Å². The topological polar surface area (TPSA) is 122 Å². The Kier molecular flexibility index (Phi) is 4.21. The van der Waals surface area contributed by atoms with E-state index in [1.807, 2.05) is 0 Å². The summed E-state index contributed by atoms with van der Waals surface area (Å²) >= 11 is 1.45. The first-order valence-electron chi connectivity index (χ1n) is 5.95. The van der Waals surface area contributed by atoms with Crippen LogP contribution in [0.5, 0.6) is 0 Å². The van der Waals surface area contributed by atoms with Crippen LogP contribution >= 0.6 is 11.3 Å². The van der Waals surface area contributed by atoms with Crippen LogP contribution in [0.25, 0.3) is 0 Å². The van der Waals surface area contributed by atoms with E-state index in [9.17, 15) is 9.59 Å². The Labute approximate surface area is 125 Å². The van der Waals surface area contributed by atoms with Crippen molar-refractivity contribution < 1.29 is 9.59 Å². The molecule has 0 aliphatic carbocycles. The predicted molar refractivity (Wildman–Crippen MR) is 79.8 cm³/mol. The number of anilines is 1. The molecule has 106 valence electrons. The van der Waals surface area contributed by atoms with Gasteiger partial charge in [0.15, 0.2) is 0 Å². The molecule has 0 aliphatic heterocycles. The third-order valence-electron chi connectivity index (χ3n) is 2.75. The van der Waals surface area contributed by atoms with E-state index in [0.717, 1.165) is 4.88 Å². The lowest BCUT2D eigenvalue weighted by Gasteiger charge is -2.08. The van der Waals surface area contributed by atoms with Crippen LogP contribution in [0.15, 0.2) is 29.6 Å². The summed E-state index contributed by atoms with van der Waals surface area (Å²) in [6.07, 6.45) is 0. The predicted octanol–water partition coefficient (Wildman–Crippen LogP) is 1.43. The van der Waals surface area contributed by atoms with Gasteiger partial charge in [-0.2, -0.15) is 5.26 Å². The Morgan fingerprint density at radius 1 is 1.14 bits per heavy atom. The van der Waals surface area contributed by atoms with Gasteiger partial charge in [0.1, 0.15) is 6.07 Å². The van der Waals surface area contributed by atoms with E-state index in [1.54, 1.807) is 23.6 Å². The van der Waals surface area contributed by atoms with Gasteiger partial charge in [-0.15, -0.1) is 11.3 Å². The third kappa shape index (κ3) is 3.58. The summed E-state index contributed by atoms with van der Waals surface area (Å²) < 4.78 is 0. The average molecular weight is 300 g/mol. The van der Waals surface area contributed by atoms with Crippen molar-refractivity contribution in [1.29, 1.82) is 5.26 Å². The SMILES string of the molecule is N#Cc1csc(CNc2cc(C(N)=O)cc(C(N)=O)c2)c1. The van der Waals surface area contributed by atoms with E-state index in [1.165, 1.54) is 17.4 Å². The molecule has 0 radical (unpaired) electrons. The van der Waals surface area contributed by atoms with Gasteiger partial charge in [-0.3, -0.25) is 9.59 Å². The molecule has 0 fully saturated rings. The Bertz CT molecular complexity index is 713. The van der Waals surface area contributed by atoms with Crippen molar-refractivity contribution >= 4 is 28.8 Å². The Morgan fingerprint density at radius 3 is 2.24 bits per heavy atom. The van der Waals surface area contributed by atoms with Gasteiger partial charge in [0.25, 0.3) is 0 Å². The van der Waals surface area contributed by atoms with Crippen molar-refractivity contribution in [1.82, 2.24) is 0 Å². The van der Waals surface area contributed by atoms with Crippen molar-refractivity contribution in [2.24, 2.45) is 11.5 Å². The number of rotatable bonds is 5. The number of carbonyl (C=O) groups excluding carboxylic acids is 2. The summed E-state index contributed by atoms with van der Waals surface area (Å²) in [6, 6.07) is 8.28. The molecule has 0 unspecified atom stereocenters. The molecule has 0 spiro atoms. The molecular formula is C14H12N4O2S. The zero-order chi connectivity index (χ0) is 15.4. The maximum absolute atomic E-state index is 11.3. The molecule has 0 bridgehead atoms. The number of carbonyl (C=O) groups is 2. The summed E-state index contributed by atoms with van der Waals surface area (Å²) in [6.45, 7) is 0.465. The van der Waals surface area contributed by atoms with Crippen molar-refractivity contribution in [3.8, 4) is 6.07 Å². The summed E-state index contributed by atoms with van der Waals surface area (Å²) in [7, 11) is 0. The van der Waals surface area contributed by atoms with E-state index < -0.39 is 11.8 Å². The normalized spacial score (nSPS) is 9.86. The molecule has 0 aliphatic rings. The lowest BCUT2D eigenvalue weighted by atomic mass is 10.1. The van der Waals surface area contributed by atoms with Crippen molar-refractivity contribution in [3.05, 3.63) is 51.2 Å². The zero-order valence-corrected chi connectivity index (χ0v) is 11.7. The van der Waals surface area contributed by atoms with Gasteiger partial charge in [-0.25, -0.2) is 0 Å². The highest BCUT2D eigenvalue weighted by atomic mass is 32.1. The van der Waals surface area contributed by atoms with Crippen molar-refractivity contribution in [2.75, 3.05) is 5.32 Å². The molecule has 1 aromatic heterocycles. The smallest absolute Gasteiger partial charge is 0.248 e. The standard InChI is InChI=1S/C14H12N4O2S/c15-5-8-1-12(21-7-8)6-18-11-3-9(13(16)19)2-10(4-11)14(17)20/h1-4,7,18H,6H2,(H2,16,19)(H2,17,20). The first-order chi connectivity index (χ1) is 9.99. The quantitative estimate of drug-likeness (QED) is 0.773. The largest absolute Gasteiger partial charge is 0.380 e. The zero-order valence-electron chi connectivity index (χ0n) is 10.9. The molecule has 21 heavy (non-hydrogen) atoms. The third-order valence-corrected chi connectivity index (χ3v) is 3.69. The first kappa shape index (κ1) is 14.6. The number of hydrogen-bond donors (Lipinski definition) is 3. The lowest BCUT2D eigenvalue weighted by Crippen LogP contribution is -2.16. The molecule has 2 amide bonds. The molecule has 6 nitrogen and oxygen atoms in total. The van der Waals surface area contributed by atoms with Crippen LogP contribution in [0.1, 0.15) is 31.2 Å². The van der Waals surface area contributed by atoms with E-state index in [0.29, 0.717) is 17.8 Å². The number of benzene rings is 1. The fourth-order valence-corrected chi connectivity index (χ4v) is 2.48. The second-order valence-electron chi connectivity index (χ2n) is 4.29. The minimum atomic E-state index is -0.635. The number of nitriles is 1. The van der Waals surface area contributed by atoms with Gasteiger partial charge in [-0.05, 0) is 24.3 Å². The number of amides is 2. The summed E-state index contributed by atoms with van der Waals surface area (Å²) in [5.41, 5.74) is 12.0. The van der Waals surface area contributed by atoms with Gasteiger partial charge in [0.05, 0.1) is 5.56 Å². The minimum absolute atomic E-state index is 0.206. The molecule has 2 rings (SSSR count). The summed E-state index contributed by atoms with van der Waals surface area (Å²) in [4.78, 5) is 23.5. The molecule has 0 saturated heterocycles. The van der Waals surface area contributed by atoms with Crippen LogP contribution in [0.3, 0.4) is 0 Å². The molecule has 1 heterocycles. The monoisotopic (exact) mass is 300 g/mol. The highest BCUT2D eigenvalue weighted by Gasteiger charge is 2.09. The van der Waals surface area contributed by atoms with Gasteiger partial charge in [0, 0.05) is 33.6 Å². The van der Waals surface area contributed by atoms with Crippen LogP contribution in [0.4, 0.5) is 5.69 Å². The molecule has 2 aromatic rings. The number of thiophene rings is 1. The highest BCUT2D eigenvalue weighted by molar-refractivity contribution is 7.10. The van der Waals surface area contributed by atoms with Crippen LogP contribution in [-0.2, 0) is 6.54 Å². The van der Waals surface area contributed by atoms with E-state index in [2.05, 4.69) is 11.4 Å². The van der Waals surface area contributed by atoms with Crippen LogP contribution in [0.2, 0.25) is 0 Å². The molecule has 0 atom stereocenters. The minimum Gasteiger partial charge on any atom is -0.380 e. The second-order valence-corrected chi connectivity index (χ2v) is 5.29. The molecule has 5 N–H and O–H groups in total. The fourth-order valence-electron chi connectivity index (χ4n) is 1.74. The van der Waals surface area contributed by atoms with Crippen molar-refractivity contribution in [2.45, 2.75) is 6.54 Å². The molecular weight excluding hydrogens is 288 g/mol. The maximum atomic E-state index is 11.3. The lowest BCUT2D eigenvalue weighted by molar-refractivity contribution is 0.0999. The maximum Gasteiger partial charge on any atom is 0.248 e. The molecule has 0 saturated carbocycles. The highest BCUT2D eigenvalue weighted by Crippen LogP contribution is 2.18. The first-order valence-corrected chi connectivity index (χ1v) is 6.83. The van der Waals surface area contributed by atoms with E-state index in [-0.39, 0.29) is 11.1 Å². The summed E-state index contributed by atoms with van der Waals surface area (Å²) in [5.74, 6) is -1.27. The number of nitrogens with zero attached hydrogens (tertiary/aromatic N) is 1. The number of nitrogens with two attached hydrogens (primary N) is 2. The molecule has 1 aromatic carbocycles. The van der Waals surface area contributed by atoms with Gasteiger partial charge < -0.3 is 16.8 Å². The van der Waals surface area contributed by atoms with Gasteiger partial charge >= 0.3 is 0 Å². The van der Waals surface area contributed by atoms with Gasteiger partial charge in [0.2, 0.25) is 11.8 Å². The van der Waals surface area contributed by atoms with Crippen molar-refractivity contribution in [3.63, 3.8) is 0 Å². The van der Waals surface area contributed by atoms with Crippen LogP contribution in [0, 0.1) is 11.3 Å². The van der Waals surface area contributed by atoms with Crippen LogP contribution < -0.4 is 16.8 Å². The Hall–Kier alpha value is -2.85. The Balaban J connectivity index is 2.20.